The van der Waals surface area contributed by atoms with E-state index in [1.54, 1.807) is 0 Å². The third kappa shape index (κ3) is 61.2. The molecule has 0 bridgehead atoms. The van der Waals surface area contributed by atoms with Crippen LogP contribution in [0.2, 0.25) is 0 Å². The van der Waals surface area contributed by atoms with E-state index in [0.29, 0.717) is 17.4 Å². The Kier molecular flexibility index (Phi) is 56.5. The first-order valence-corrected chi connectivity index (χ1v) is 31.7. The van der Waals surface area contributed by atoms with Crippen LogP contribution in [-0.2, 0) is 33.3 Å². The summed E-state index contributed by atoms with van der Waals surface area (Å²) in [6.45, 7) is 4.61. The lowest BCUT2D eigenvalue weighted by Crippen LogP contribution is -2.44. The summed E-state index contributed by atoms with van der Waals surface area (Å²) < 4.78 is 22.7. The Labute approximate surface area is 485 Å². The summed E-state index contributed by atoms with van der Waals surface area (Å²) in [5.41, 5.74) is 0. The van der Waals surface area contributed by atoms with E-state index >= 15 is 0 Å². The molecule has 450 valence electrons. The van der Waals surface area contributed by atoms with E-state index < -0.39 is 24.3 Å². The van der Waals surface area contributed by atoms with Crippen molar-refractivity contribution in [2.24, 2.45) is 0 Å². The molecule has 0 saturated heterocycles. The normalized spacial score (nSPS) is 13.6. The molecule has 79 heavy (non-hydrogen) atoms. The molecule has 0 rings (SSSR count). The molecule has 0 aliphatic heterocycles. The van der Waals surface area contributed by atoms with Gasteiger partial charge in [-0.15, -0.1) is 0 Å². The number of ether oxygens (including phenoxy) is 4. The molecule has 0 aromatic rings. The lowest BCUT2D eigenvalue weighted by atomic mass is 10.0. The standard InChI is InChI=1S/C70H117NO8/c1-6-8-10-12-14-16-18-20-22-23-24-25-26-27-28-29-30-31-32-33-34-35-36-37-38-39-40-41-42-43-44-45-47-49-51-53-55-57-59-61-68(73)79-66(65-78-70(69(74)75)76-63-62-71(3,4)5)64-77-67(72)60-58-56-54-52-50-48-46-21-19-17-15-13-11-9-7-2/h8,10,14,16,20-22,24-25,27-28,30-31,33-34,36-37,39-40,46,66,70H,6-7,9,11-13,15,17-19,23,26,29,32,35,38,41-45,47-65H2,1-5H3/b10-8-,16-14-,22-20-,25-24-,28-27-,31-30-,34-33-,37-36-,40-39-,46-21-. The zero-order valence-corrected chi connectivity index (χ0v) is 51.2. The highest BCUT2D eigenvalue weighted by molar-refractivity contribution is 5.70. The molecule has 0 aliphatic rings. The maximum Gasteiger partial charge on any atom is 0.306 e. The summed E-state index contributed by atoms with van der Waals surface area (Å²) in [6.07, 6.45) is 81.2. The van der Waals surface area contributed by atoms with Crippen LogP contribution in [0.15, 0.2) is 122 Å². The summed E-state index contributed by atoms with van der Waals surface area (Å²) in [4.78, 5) is 37.3. The van der Waals surface area contributed by atoms with Crippen LogP contribution >= 0.6 is 0 Å². The molecule has 0 spiro atoms. The van der Waals surface area contributed by atoms with E-state index in [2.05, 4.69) is 135 Å². The van der Waals surface area contributed by atoms with Gasteiger partial charge in [0.1, 0.15) is 13.2 Å². The molecular formula is C70H117NO8. The molecule has 9 heteroatoms. The average molecular weight is 1100 g/mol. The highest BCUT2D eigenvalue weighted by Crippen LogP contribution is 2.15. The summed E-state index contributed by atoms with van der Waals surface area (Å²) in [5, 5.41) is 11.8. The van der Waals surface area contributed by atoms with E-state index in [-0.39, 0.29) is 38.6 Å². The number of carboxylic acids is 1. The van der Waals surface area contributed by atoms with Crippen LogP contribution in [0, 0.1) is 0 Å². The number of unbranched alkanes of at least 4 members (excludes halogenated alkanes) is 22. The number of aliphatic carboxylic acids is 1. The minimum atomic E-state index is -1.63. The monoisotopic (exact) mass is 1100 g/mol. The van der Waals surface area contributed by atoms with Gasteiger partial charge in [-0.2, -0.15) is 0 Å². The van der Waals surface area contributed by atoms with Crippen molar-refractivity contribution >= 4 is 17.9 Å². The van der Waals surface area contributed by atoms with Gasteiger partial charge in [-0.05, 0) is 109 Å². The van der Waals surface area contributed by atoms with Crippen LogP contribution in [0.3, 0.4) is 0 Å². The quantitative estimate of drug-likeness (QED) is 0.0195. The summed E-state index contributed by atoms with van der Waals surface area (Å²) >= 11 is 0. The van der Waals surface area contributed by atoms with Gasteiger partial charge >= 0.3 is 11.9 Å². The number of carbonyl (C=O) groups is 3. The van der Waals surface area contributed by atoms with Gasteiger partial charge in [0.15, 0.2) is 12.4 Å². The highest BCUT2D eigenvalue weighted by atomic mass is 16.7. The first kappa shape index (κ1) is 74.7. The Morgan fingerprint density at radius 1 is 0.392 bits per heavy atom. The number of quaternary nitrogens is 1. The molecular weight excluding hydrogens is 983 g/mol. The van der Waals surface area contributed by atoms with E-state index in [1.807, 2.05) is 21.1 Å². The van der Waals surface area contributed by atoms with Gasteiger partial charge in [-0.25, -0.2) is 0 Å². The summed E-state index contributed by atoms with van der Waals surface area (Å²) in [7, 11) is 5.91. The number of likely N-dealkylation sites (N-methyl/N-ethyl adjacent to an activating group) is 1. The largest absolute Gasteiger partial charge is 0.545 e. The predicted octanol–water partition coefficient (Wildman–Crippen LogP) is 17.9. The molecule has 0 amide bonds. The topological polar surface area (TPSA) is 111 Å². The lowest BCUT2D eigenvalue weighted by Gasteiger charge is -2.26. The second kappa shape index (κ2) is 59.8. The molecule has 0 fully saturated rings. The molecule has 2 unspecified atom stereocenters. The minimum absolute atomic E-state index is 0.141. The Hall–Kier alpha value is -4.31. The summed E-state index contributed by atoms with van der Waals surface area (Å²) in [5.74, 6) is -2.30. The second-order valence-electron chi connectivity index (χ2n) is 22.0. The van der Waals surface area contributed by atoms with Crippen LogP contribution in [0.4, 0.5) is 0 Å². The van der Waals surface area contributed by atoms with Crippen molar-refractivity contribution in [2.45, 2.75) is 257 Å². The van der Waals surface area contributed by atoms with Gasteiger partial charge < -0.3 is 33.3 Å². The molecule has 0 heterocycles. The average Bonchev–Trinajstić information content (AvgIpc) is 3.42. The van der Waals surface area contributed by atoms with Crippen molar-refractivity contribution in [3.63, 3.8) is 0 Å². The third-order valence-corrected chi connectivity index (χ3v) is 13.2. The van der Waals surface area contributed by atoms with Crippen LogP contribution in [0.1, 0.15) is 245 Å². The van der Waals surface area contributed by atoms with Crippen molar-refractivity contribution in [3.8, 4) is 0 Å². The van der Waals surface area contributed by atoms with Crippen molar-refractivity contribution in [1.82, 2.24) is 0 Å². The van der Waals surface area contributed by atoms with Crippen LogP contribution in [0.25, 0.3) is 0 Å². The SMILES string of the molecule is CC/C=C\C/C=C\C/C=C\C/C=C\C/C=C\C/C=C\C/C=C\C/C=C\C/C=C\CCCCCCCCCCCCCC(=O)OC(COC(=O)CCCCCCC/C=C\CCCCCCCC)COC(OCC[N+](C)(C)C)C(=O)[O-]. The van der Waals surface area contributed by atoms with Crippen LogP contribution in [-0.4, -0.2) is 82.3 Å². The summed E-state index contributed by atoms with van der Waals surface area (Å²) in [6, 6.07) is 0. The van der Waals surface area contributed by atoms with E-state index in [0.717, 1.165) is 122 Å². The maximum absolute atomic E-state index is 12.9. The third-order valence-electron chi connectivity index (χ3n) is 13.2. The molecule has 0 aliphatic carbocycles. The Balaban J connectivity index is 4.14. The molecule has 2 atom stereocenters. The van der Waals surface area contributed by atoms with Crippen molar-refractivity contribution < 1.29 is 42.9 Å². The molecule has 9 nitrogen and oxygen atoms in total. The predicted molar refractivity (Wildman–Crippen MR) is 333 cm³/mol. The highest BCUT2D eigenvalue weighted by Gasteiger charge is 2.22. The number of rotatable bonds is 57. The van der Waals surface area contributed by atoms with E-state index in [9.17, 15) is 19.5 Å². The number of allylic oxidation sites excluding steroid dienone is 20. The molecule has 0 aromatic carbocycles. The van der Waals surface area contributed by atoms with Gasteiger partial charge in [0.25, 0.3) is 0 Å². The Morgan fingerprint density at radius 3 is 1.09 bits per heavy atom. The van der Waals surface area contributed by atoms with Gasteiger partial charge in [-0.1, -0.05) is 245 Å². The van der Waals surface area contributed by atoms with Gasteiger partial charge in [0.2, 0.25) is 0 Å². The van der Waals surface area contributed by atoms with Gasteiger partial charge in [0.05, 0.1) is 40.3 Å². The molecule has 0 radical (unpaired) electrons. The molecule has 0 N–H and O–H groups in total. The fourth-order valence-electron chi connectivity index (χ4n) is 8.35. The first-order chi connectivity index (χ1) is 38.6. The number of hydrogen-bond donors (Lipinski definition) is 0. The van der Waals surface area contributed by atoms with E-state index in [4.69, 9.17) is 18.9 Å². The Morgan fingerprint density at radius 2 is 0.722 bits per heavy atom. The minimum Gasteiger partial charge on any atom is -0.545 e. The smallest absolute Gasteiger partial charge is 0.306 e. The zero-order valence-electron chi connectivity index (χ0n) is 51.2. The zero-order chi connectivity index (χ0) is 57.6. The van der Waals surface area contributed by atoms with Crippen LogP contribution < -0.4 is 5.11 Å². The maximum atomic E-state index is 12.9. The fourth-order valence-corrected chi connectivity index (χ4v) is 8.35. The fraction of sp³-hybridized carbons (Fsp3) is 0.671. The lowest BCUT2D eigenvalue weighted by molar-refractivity contribution is -0.870. The number of carboxylic acid groups (broad SMARTS) is 1. The van der Waals surface area contributed by atoms with Gasteiger partial charge in [-0.3, -0.25) is 9.59 Å². The van der Waals surface area contributed by atoms with Crippen LogP contribution in [0.5, 0.6) is 0 Å². The number of carbonyl (C=O) groups excluding carboxylic acids is 3. The van der Waals surface area contributed by atoms with Crippen molar-refractivity contribution in [3.05, 3.63) is 122 Å². The van der Waals surface area contributed by atoms with Gasteiger partial charge in [0, 0.05) is 12.8 Å². The Bertz CT molecular complexity index is 1710. The number of hydrogen-bond acceptors (Lipinski definition) is 8. The van der Waals surface area contributed by atoms with Crippen molar-refractivity contribution in [1.29, 1.82) is 0 Å². The number of esters is 2. The second-order valence-corrected chi connectivity index (χ2v) is 22.0. The van der Waals surface area contributed by atoms with Crippen molar-refractivity contribution in [2.75, 3.05) is 47.5 Å². The number of nitrogens with zero attached hydrogens (tertiary/aromatic N) is 1. The van der Waals surface area contributed by atoms with E-state index in [1.165, 1.54) is 89.9 Å². The molecule has 0 saturated carbocycles. The first-order valence-electron chi connectivity index (χ1n) is 31.7. The molecule has 0 aromatic heterocycles.